The molecule has 6 nitrogen and oxygen atoms in total. The summed E-state index contributed by atoms with van der Waals surface area (Å²) in [6.07, 6.45) is 0.745. The van der Waals surface area contributed by atoms with Crippen LogP contribution >= 0.6 is 11.3 Å². The maximum atomic E-state index is 12.7. The molecule has 2 aromatic rings. The van der Waals surface area contributed by atoms with Crippen LogP contribution in [-0.2, 0) is 22.5 Å². The van der Waals surface area contributed by atoms with E-state index in [1.54, 1.807) is 32.7 Å². The van der Waals surface area contributed by atoms with E-state index in [4.69, 9.17) is 14.2 Å². The number of hydrogen-bond acceptors (Lipinski definition) is 6. The monoisotopic (exact) mass is 406 g/mol. The quantitative estimate of drug-likeness (QED) is 0.549. The maximum absolute atomic E-state index is 12.7. The summed E-state index contributed by atoms with van der Waals surface area (Å²) in [6.45, 7) is 4.89. The molecule has 0 unspecified atom stereocenters. The van der Waals surface area contributed by atoms with Gasteiger partial charge in [0.05, 0.1) is 33.9 Å². The summed E-state index contributed by atoms with van der Waals surface area (Å²) in [5.74, 6) is 1.49. The minimum absolute atomic E-state index is 0.0858. The molecular formula is C21H30N2O4S. The molecule has 2 rings (SSSR count). The van der Waals surface area contributed by atoms with Gasteiger partial charge in [-0.25, -0.2) is 0 Å². The van der Waals surface area contributed by atoms with Crippen molar-refractivity contribution in [2.45, 2.75) is 19.9 Å². The van der Waals surface area contributed by atoms with Gasteiger partial charge in [-0.3, -0.25) is 4.79 Å². The largest absolute Gasteiger partial charge is 0.493 e. The van der Waals surface area contributed by atoms with E-state index in [-0.39, 0.29) is 5.91 Å². The van der Waals surface area contributed by atoms with Crippen LogP contribution < -0.4 is 14.8 Å². The summed E-state index contributed by atoms with van der Waals surface area (Å²) in [6, 6.07) is 10.1. The molecule has 0 atom stereocenters. The van der Waals surface area contributed by atoms with Crippen LogP contribution in [0.1, 0.15) is 15.3 Å². The van der Waals surface area contributed by atoms with E-state index in [0.29, 0.717) is 44.3 Å². The van der Waals surface area contributed by atoms with Crippen LogP contribution in [0.25, 0.3) is 0 Å². The number of thiophene rings is 1. The van der Waals surface area contributed by atoms with Gasteiger partial charge in [0.25, 0.3) is 0 Å². The SMILES string of the molecule is COCCNCC(=O)N(CCc1ccc(OC)c(OC)c1)Cc1ccc(C)s1. The van der Waals surface area contributed by atoms with Gasteiger partial charge in [-0.15, -0.1) is 11.3 Å². The Morgan fingerprint density at radius 2 is 1.89 bits per heavy atom. The zero-order valence-electron chi connectivity index (χ0n) is 17.1. The smallest absolute Gasteiger partial charge is 0.236 e. The molecule has 0 saturated heterocycles. The number of benzene rings is 1. The lowest BCUT2D eigenvalue weighted by Gasteiger charge is -2.23. The Labute approximate surface area is 171 Å². The van der Waals surface area contributed by atoms with Gasteiger partial charge in [-0.2, -0.15) is 0 Å². The molecule has 154 valence electrons. The number of hydrogen-bond donors (Lipinski definition) is 1. The number of amides is 1. The zero-order valence-corrected chi connectivity index (χ0v) is 17.9. The summed E-state index contributed by atoms with van der Waals surface area (Å²) in [5, 5.41) is 3.14. The molecule has 1 amide bonds. The first-order valence-electron chi connectivity index (χ1n) is 9.31. The second kappa shape index (κ2) is 11.7. The molecule has 0 aliphatic rings. The molecule has 0 fully saturated rings. The normalized spacial score (nSPS) is 10.7. The average Bonchev–Trinajstić information content (AvgIpc) is 3.12. The van der Waals surface area contributed by atoms with E-state index in [2.05, 4.69) is 24.4 Å². The zero-order chi connectivity index (χ0) is 20.4. The van der Waals surface area contributed by atoms with Crippen molar-refractivity contribution >= 4 is 17.2 Å². The van der Waals surface area contributed by atoms with Crippen LogP contribution in [0.4, 0.5) is 0 Å². The van der Waals surface area contributed by atoms with E-state index in [9.17, 15) is 4.79 Å². The van der Waals surface area contributed by atoms with E-state index < -0.39 is 0 Å². The molecule has 0 aliphatic heterocycles. The van der Waals surface area contributed by atoms with E-state index in [1.165, 1.54) is 9.75 Å². The Kier molecular flexibility index (Phi) is 9.27. The highest BCUT2D eigenvalue weighted by atomic mass is 32.1. The van der Waals surface area contributed by atoms with Gasteiger partial charge in [0.2, 0.25) is 5.91 Å². The lowest BCUT2D eigenvalue weighted by Crippen LogP contribution is -2.39. The highest BCUT2D eigenvalue weighted by Crippen LogP contribution is 2.28. The molecule has 0 radical (unpaired) electrons. The van der Waals surface area contributed by atoms with Gasteiger partial charge < -0.3 is 24.4 Å². The van der Waals surface area contributed by atoms with Crippen LogP contribution in [0, 0.1) is 6.92 Å². The Balaban J connectivity index is 2.02. The number of ether oxygens (including phenoxy) is 3. The second-order valence-corrected chi connectivity index (χ2v) is 7.81. The number of carbonyl (C=O) groups excluding carboxylic acids is 1. The molecule has 1 aromatic heterocycles. The predicted octanol–water partition coefficient (Wildman–Crippen LogP) is 2.88. The first-order valence-corrected chi connectivity index (χ1v) is 10.1. The highest BCUT2D eigenvalue weighted by Gasteiger charge is 2.15. The van der Waals surface area contributed by atoms with Gasteiger partial charge >= 0.3 is 0 Å². The number of rotatable bonds is 12. The summed E-state index contributed by atoms with van der Waals surface area (Å²) < 4.78 is 15.7. The van der Waals surface area contributed by atoms with Crippen LogP contribution in [-0.4, -0.2) is 58.4 Å². The molecule has 28 heavy (non-hydrogen) atoms. The fourth-order valence-corrected chi connectivity index (χ4v) is 3.74. The lowest BCUT2D eigenvalue weighted by molar-refractivity contribution is -0.130. The summed E-state index contributed by atoms with van der Waals surface area (Å²) in [5.41, 5.74) is 1.10. The molecular weight excluding hydrogens is 376 g/mol. The third kappa shape index (κ3) is 6.82. The van der Waals surface area contributed by atoms with Gasteiger partial charge in [-0.1, -0.05) is 6.07 Å². The predicted molar refractivity (Wildman–Crippen MR) is 112 cm³/mol. The van der Waals surface area contributed by atoms with Crippen LogP contribution in [0.2, 0.25) is 0 Å². The van der Waals surface area contributed by atoms with Crippen molar-refractivity contribution in [1.82, 2.24) is 10.2 Å². The van der Waals surface area contributed by atoms with E-state index >= 15 is 0 Å². The fourth-order valence-electron chi connectivity index (χ4n) is 2.83. The molecule has 0 saturated carbocycles. The molecule has 0 aliphatic carbocycles. The van der Waals surface area contributed by atoms with Crippen molar-refractivity contribution in [3.63, 3.8) is 0 Å². The first kappa shape index (κ1) is 22.2. The second-order valence-electron chi connectivity index (χ2n) is 6.44. The third-order valence-electron chi connectivity index (χ3n) is 4.37. The van der Waals surface area contributed by atoms with Crippen molar-refractivity contribution < 1.29 is 19.0 Å². The van der Waals surface area contributed by atoms with Crippen molar-refractivity contribution in [2.24, 2.45) is 0 Å². The molecule has 0 spiro atoms. The third-order valence-corrected chi connectivity index (χ3v) is 5.36. The maximum Gasteiger partial charge on any atom is 0.236 e. The summed E-state index contributed by atoms with van der Waals surface area (Å²) >= 11 is 1.73. The van der Waals surface area contributed by atoms with Crippen LogP contribution in [0.5, 0.6) is 11.5 Å². The van der Waals surface area contributed by atoms with E-state index in [1.807, 2.05) is 23.1 Å². The number of nitrogens with zero attached hydrogens (tertiary/aromatic N) is 1. The number of aryl methyl sites for hydroxylation is 1. The Morgan fingerprint density at radius 1 is 1.11 bits per heavy atom. The average molecular weight is 407 g/mol. The van der Waals surface area contributed by atoms with Crippen LogP contribution in [0.3, 0.4) is 0 Å². The van der Waals surface area contributed by atoms with Crippen molar-refractivity contribution in [3.05, 3.63) is 45.6 Å². The number of nitrogens with one attached hydrogen (secondary N) is 1. The summed E-state index contributed by atoms with van der Waals surface area (Å²) in [4.78, 5) is 17.1. The van der Waals surface area contributed by atoms with Crippen LogP contribution in [0.15, 0.2) is 30.3 Å². The minimum atomic E-state index is 0.0858. The highest BCUT2D eigenvalue weighted by molar-refractivity contribution is 7.11. The molecule has 1 N–H and O–H groups in total. The fraction of sp³-hybridized carbons (Fsp3) is 0.476. The standard InChI is InChI=1S/C21H30N2O4S/c1-16-5-7-18(28-16)15-23(21(24)14-22-10-12-25-2)11-9-17-6-8-19(26-3)20(13-17)27-4/h5-8,13,22H,9-12,14-15H2,1-4H3. The van der Waals surface area contributed by atoms with E-state index in [0.717, 1.165) is 12.0 Å². The van der Waals surface area contributed by atoms with Gasteiger partial charge in [0, 0.05) is 30.0 Å². The lowest BCUT2D eigenvalue weighted by atomic mass is 10.1. The van der Waals surface area contributed by atoms with Crippen molar-refractivity contribution in [1.29, 1.82) is 0 Å². The van der Waals surface area contributed by atoms with Crippen molar-refractivity contribution in [2.75, 3.05) is 47.6 Å². The van der Waals surface area contributed by atoms with Gasteiger partial charge in [0.15, 0.2) is 11.5 Å². The van der Waals surface area contributed by atoms with Gasteiger partial charge in [0.1, 0.15) is 0 Å². The topological polar surface area (TPSA) is 60.0 Å². The first-order chi connectivity index (χ1) is 13.6. The Morgan fingerprint density at radius 3 is 2.54 bits per heavy atom. The molecule has 7 heteroatoms. The molecule has 0 bridgehead atoms. The minimum Gasteiger partial charge on any atom is -0.493 e. The number of methoxy groups -OCH3 is 3. The number of carbonyl (C=O) groups is 1. The molecule has 1 heterocycles. The Bertz CT molecular complexity index is 748. The summed E-state index contributed by atoms with van der Waals surface area (Å²) in [7, 11) is 4.90. The van der Waals surface area contributed by atoms with Gasteiger partial charge in [-0.05, 0) is 43.2 Å². The molecule has 1 aromatic carbocycles. The van der Waals surface area contributed by atoms with Crippen molar-refractivity contribution in [3.8, 4) is 11.5 Å². The Hall–Kier alpha value is -2.09.